The van der Waals surface area contributed by atoms with Crippen molar-refractivity contribution in [3.8, 4) is 0 Å². The van der Waals surface area contributed by atoms with Gasteiger partial charge in [0.25, 0.3) is 10.0 Å². The van der Waals surface area contributed by atoms with Gasteiger partial charge in [0, 0.05) is 32.2 Å². The van der Waals surface area contributed by atoms with Gasteiger partial charge in [-0.25, -0.2) is 27.5 Å². The number of hydrogen-bond acceptors (Lipinski definition) is 8. The third-order valence-corrected chi connectivity index (χ3v) is 5.33. The zero-order chi connectivity index (χ0) is 20.1. The number of ether oxygens (including phenoxy) is 1. The molecule has 0 unspecified atom stereocenters. The highest BCUT2D eigenvalue weighted by Crippen LogP contribution is 2.19. The summed E-state index contributed by atoms with van der Waals surface area (Å²) in [6.07, 6.45) is 3.20. The molecule has 0 aliphatic heterocycles. The zero-order valence-electron chi connectivity index (χ0n) is 15.2. The highest BCUT2D eigenvalue weighted by atomic mass is 32.2. The lowest BCUT2D eigenvalue weighted by molar-refractivity contribution is 0.0440. The molecular weight excluding hydrogens is 384 g/mol. The summed E-state index contributed by atoms with van der Waals surface area (Å²) < 4.78 is 35.5. The van der Waals surface area contributed by atoms with Crippen LogP contribution in [0.25, 0.3) is 0 Å². The smallest absolute Gasteiger partial charge is 0.338 e. The summed E-state index contributed by atoms with van der Waals surface area (Å²) >= 11 is 0. The first-order chi connectivity index (χ1) is 13.4. The lowest BCUT2D eigenvalue weighted by Crippen LogP contribution is -2.21. The number of esters is 1. The topological polar surface area (TPSA) is 115 Å². The summed E-state index contributed by atoms with van der Waals surface area (Å²) in [6.45, 7) is -0.193. The Balaban J connectivity index is 1.64. The minimum absolute atomic E-state index is 0.193. The number of carbonyl (C=O) groups excluding carboxylic acids is 1. The molecule has 1 aromatic carbocycles. The second kappa shape index (κ2) is 8.19. The molecule has 0 bridgehead atoms. The van der Waals surface area contributed by atoms with Gasteiger partial charge in [-0.3, -0.25) is 0 Å². The van der Waals surface area contributed by atoms with Crippen LogP contribution in [0.1, 0.15) is 16.1 Å². The fraction of sp³-hybridized carbons (Fsp3) is 0.167. The molecule has 0 fully saturated rings. The van der Waals surface area contributed by atoms with Gasteiger partial charge in [-0.05, 0) is 36.4 Å². The lowest BCUT2D eigenvalue weighted by atomic mass is 10.2. The van der Waals surface area contributed by atoms with Gasteiger partial charge in [0.05, 0.1) is 5.56 Å². The number of rotatable bonds is 7. The van der Waals surface area contributed by atoms with E-state index in [4.69, 9.17) is 9.15 Å². The fourth-order valence-corrected chi connectivity index (χ4v) is 3.00. The van der Waals surface area contributed by atoms with Crippen LogP contribution in [0.15, 0.2) is 64.4 Å². The maximum atomic E-state index is 12.3. The summed E-state index contributed by atoms with van der Waals surface area (Å²) in [5.41, 5.74) is 0.937. The second-order valence-electron chi connectivity index (χ2n) is 5.86. The molecule has 0 aliphatic carbocycles. The van der Waals surface area contributed by atoms with Crippen molar-refractivity contribution in [3.63, 3.8) is 0 Å². The minimum atomic E-state index is -3.68. The Morgan fingerprint density at radius 1 is 1.14 bits per heavy atom. The number of sulfonamides is 1. The standard InChI is InChI=1S/C18H18N4O5S/c1-22(2)28(24,25)16-8-7-15(27-16)12-26-17(23)13-5-3-6-14(11-13)21-18-19-9-4-10-20-18/h3-11H,12H2,1-2H3,(H,19,20,21). The van der Waals surface area contributed by atoms with E-state index in [1.165, 1.54) is 26.2 Å². The molecule has 0 saturated heterocycles. The van der Waals surface area contributed by atoms with Crippen LogP contribution in [-0.4, -0.2) is 42.8 Å². The van der Waals surface area contributed by atoms with Crippen LogP contribution >= 0.6 is 0 Å². The third kappa shape index (κ3) is 4.53. The van der Waals surface area contributed by atoms with Gasteiger partial charge in [-0.15, -0.1) is 0 Å². The van der Waals surface area contributed by atoms with E-state index < -0.39 is 16.0 Å². The molecule has 9 nitrogen and oxygen atoms in total. The van der Waals surface area contributed by atoms with E-state index in [2.05, 4.69) is 15.3 Å². The minimum Gasteiger partial charge on any atom is -0.454 e. The van der Waals surface area contributed by atoms with E-state index in [0.717, 1.165) is 4.31 Å². The monoisotopic (exact) mass is 402 g/mol. The van der Waals surface area contributed by atoms with Gasteiger partial charge in [0.15, 0.2) is 0 Å². The fourth-order valence-electron chi connectivity index (χ4n) is 2.19. The molecule has 0 radical (unpaired) electrons. The van der Waals surface area contributed by atoms with Gasteiger partial charge >= 0.3 is 5.97 Å². The van der Waals surface area contributed by atoms with Gasteiger partial charge in [0.1, 0.15) is 12.4 Å². The van der Waals surface area contributed by atoms with Gasteiger partial charge in [-0.1, -0.05) is 6.07 Å². The van der Waals surface area contributed by atoms with Gasteiger partial charge < -0.3 is 14.5 Å². The van der Waals surface area contributed by atoms with Crippen LogP contribution < -0.4 is 5.32 Å². The normalized spacial score (nSPS) is 11.4. The van der Waals surface area contributed by atoms with Crippen molar-refractivity contribution in [2.24, 2.45) is 0 Å². The maximum absolute atomic E-state index is 12.3. The van der Waals surface area contributed by atoms with E-state index in [0.29, 0.717) is 17.2 Å². The largest absolute Gasteiger partial charge is 0.454 e. The number of nitrogens with one attached hydrogen (secondary N) is 1. The molecule has 0 spiro atoms. The number of hydrogen-bond donors (Lipinski definition) is 1. The SMILES string of the molecule is CN(C)S(=O)(=O)c1ccc(COC(=O)c2cccc(Nc3ncccn3)c2)o1. The van der Waals surface area contributed by atoms with E-state index >= 15 is 0 Å². The van der Waals surface area contributed by atoms with Crippen molar-refractivity contribution < 1.29 is 22.4 Å². The Labute approximate surface area is 162 Å². The first-order valence-electron chi connectivity index (χ1n) is 8.19. The van der Waals surface area contributed by atoms with Crippen LogP contribution in [0, 0.1) is 0 Å². The molecule has 0 saturated carbocycles. The predicted octanol–water partition coefficient (Wildman–Crippen LogP) is 2.42. The van der Waals surface area contributed by atoms with Gasteiger partial charge in [0.2, 0.25) is 11.0 Å². The molecule has 3 rings (SSSR count). The van der Waals surface area contributed by atoms with E-state index in [1.807, 2.05) is 0 Å². The van der Waals surface area contributed by atoms with Crippen molar-refractivity contribution in [3.05, 3.63) is 66.2 Å². The molecule has 10 heteroatoms. The molecule has 0 amide bonds. The molecule has 1 N–H and O–H groups in total. The van der Waals surface area contributed by atoms with Crippen molar-refractivity contribution >= 4 is 27.6 Å². The van der Waals surface area contributed by atoms with Crippen molar-refractivity contribution in [2.75, 3.05) is 19.4 Å². The molecular formula is C18H18N4O5S. The van der Waals surface area contributed by atoms with Crippen LogP contribution in [0.5, 0.6) is 0 Å². The predicted molar refractivity (Wildman–Crippen MR) is 100 cm³/mol. The van der Waals surface area contributed by atoms with Crippen molar-refractivity contribution in [2.45, 2.75) is 11.7 Å². The summed E-state index contributed by atoms with van der Waals surface area (Å²) in [7, 11) is -0.872. The highest BCUT2D eigenvalue weighted by molar-refractivity contribution is 7.88. The van der Waals surface area contributed by atoms with Crippen LogP contribution in [0.2, 0.25) is 0 Å². The summed E-state index contributed by atoms with van der Waals surface area (Å²) in [5.74, 6) is 0.0463. The van der Waals surface area contributed by atoms with Crippen LogP contribution in [-0.2, 0) is 21.4 Å². The van der Waals surface area contributed by atoms with E-state index in [-0.39, 0.29) is 17.5 Å². The summed E-state index contributed by atoms with van der Waals surface area (Å²) in [5, 5.41) is 2.77. The molecule has 0 aliphatic rings. The van der Waals surface area contributed by atoms with Crippen molar-refractivity contribution in [1.29, 1.82) is 0 Å². The Kier molecular flexibility index (Phi) is 5.71. The molecule has 146 valence electrons. The average molecular weight is 402 g/mol. The maximum Gasteiger partial charge on any atom is 0.338 e. The molecule has 3 aromatic rings. The third-order valence-electron chi connectivity index (χ3n) is 3.64. The van der Waals surface area contributed by atoms with E-state index in [9.17, 15) is 13.2 Å². The van der Waals surface area contributed by atoms with Crippen molar-refractivity contribution in [1.82, 2.24) is 14.3 Å². The Bertz CT molecular complexity index is 1060. The van der Waals surface area contributed by atoms with Gasteiger partial charge in [-0.2, -0.15) is 0 Å². The molecule has 2 heterocycles. The number of aromatic nitrogens is 2. The number of furan rings is 1. The van der Waals surface area contributed by atoms with Crippen LogP contribution in [0.3, 0.4) is 0 Å². The number of nitrogens with zero attached hydrogens (tertiary/aromatic N) is 3. The number of carbonyl (C=O) groups is 1. The molecule has 0 atom stereocenters. The van der Waals surface area contributed by atoms with E-state index in [1.54, 1.807) is 42.7 Å². The number of anilines is 2. The zero-order valence-corrected chi connectivity index (χ0v) is 16.0. The number of benzene rings is 1. The molecule has 2 aromatic heterocycles. The summed E-state index contributed by atoms with van der Waals surface area (Å²) in [4.78, 5) is 20.4. The second-order valence-corrected chi connectivity index (χ2v) is 7.95. The Morgan fingerprint density at radius 2 is 1.89 bits per heavy atom. The first kappa shape index (κ1) is 19.5. The quantitative estimate of drug-likeness (QED) is 0.599. The molecule has 28 heavy (non-hydrogen) atoms. The Morgan fingerprint density at radius 3 is 2.61 bits per heavy atom. The average Bonchev–Trinajstić information content (AvgIpc) is 3.17. The lowest BCUT2D eigenvalue weighted by Gasteiger charge is -2.08. The Hall–Kier alpha value is -3.24. The first-order valence-corrected chi connectivity index (χ1v) is 9.63. The summed E-state index contributed by atoms with van der Waals surface area (Å²) in [6, 6.07) is 11.1. The van der Waals surface area contributed by atoms with Crippen LogP contribution in [0.4, 0.5) is 11.6 Å². The highest BCUT2D eigenvalue weighted by Gasteiger charge is 2.22.